The standard InChI is InChI=1S/C11H18N2O2/c14-10-5-3-7-13(10)8-9-4-1-2-6-12-11(9)15/h9H,1-8H2,(H,12,15). The second-order valence-electron chi connectivity index (χ2n) is 4.43. The summed E-state index contributed by atoms with van der Waals surface area (Å²) in [5, 5.41) is 2.91. The molecule has 2 aliphatic heterocycles. The number of hydrogen-bond donors (Lipinski definition) is 1. The lowest BCUT2D eigenvalue weighted by Gasteiger charge is -2.21. The molecule has 1 unspecified atom stereocenters. The molecule has 0 bridgehead atoms. The number of hydrogen-bond acceptors (Lipinski definition) is 2. The van der Waals surface area contributed by atoms with Gasteiger partial charge in [0.15, 0.2) is 0 Å². The molecule has 1 N–H and O–H groups in total. The molecule has 4 heteroatoms. The van der Waals surface area contributed by atoms with Gasteiger partial charge < -0.3 is 10.2 Å². The Balaban J connectivity index is 1.91. The quantitative estimate of drug-likeness (QED) is 0.722. The van der Waals surface area contributed by atoms with E-state index >= 15 is 0 Å². The zero-order valence-corrected chi connectivity index (χ0v) is 9.00. The van der Waals surface area contributed by atoms with E-state index in [0.717, 1.165) is 38.8 Å². The van der Waals surface area contributed by atoms with Crippen molar-refractivity contribution in [3.8, 4) is 0 Å². The molecule has 2 saturated heterocycles. The van der Waals surface area contributed by atoms with Crippen LogP contribution in [-0.4, -0.2) is 36.3 Å². The highest BCUT2D eigenvalue weighted by molar-refractivity contribution is 5.81. The van der Waals surface area contributed by atoms with Crippen LogP contribution in [0.4, 0.5) is 0 Å². The second kappa shape index (κ2) is 4.64. The molecule has 0 aromatic carbocycles. The Bertz CT molecular complexity index is 265. The summed E-state index contributed by atoms with van der Waals surface area (Å²) in [5.74, 6) is 0.369. The van der Waals surface area contributed by atoms with Gasteiger partial charge in [0, 0.05) is 26.1 Å². The lowest BCUT2D eigenvalue weighted by Crippen LogP contribution is -2.38. The van der Waals surface area contributed by atoms with Gasteiger partial charge in [-0.2, -0.15) is 0 Å². The minimum absolute atomic E-state index is 0.0227. The van der Waals surface area contributed by atoms with Gasteiger partial charge in [0.25, 0.3) is 0 Å². The van der Waals surface area contributed by atoms with Gasteiger partial charge in [-0.1, -0.05) is 6.42 Å². The Kier molecular flexibility index (Phi) is 3.23. The number of nitrogens with zero attached hydrogens (tertiary/aromatic N) is 1. The number of nitrogens with one attached hydrogen (secondary N) is 1. The molecule has 2 aliphatic rings. The van der Waals surface area contributed by atoms with Crippen LogP contribution in [0.25, 0.3) is 0 Å². The number of carbonyl (C=O) groups excluding carboxylic acids is 2. The van der Waals surface area contributed by atoms with Crippen molar-refractivity contribution in [2.24, 2.45) is 5.92 Å². The molecule has 2 amide bonds. The van der Waals surface area contributed by atoms with E-state index in [9.17, 15) is 9.59 Å². The fraction of sp³-hybridized carbons (Fsp3) is 0.818. The van der Waals surface area contributed by atoms with Crippen LogP contribution in [0.1, 0.15) is 32.1 Å². The Morgan fingerprint density at radius 1 is 1.27 bits per heavy atom. The van der Waals surface area contributed by atoms with Gasteiger partial charge in [-0.25, -0.2) is 0 Å². The van der Waals surface area contributed by atoms with E-state index in [4.69, 9.17) is 0 Å². The summed E-state index contributed by atoms with van der Waals surface area (Å²) in [5.41, 5.74) is 0. The predicted octanol–water partition coefficient (Wildman–Crippen LogP) is 0.525. The van der Waals surface area contributed by atoms with Crippen molar-refractivity contribution in [2.45, 2.75) is 32.1 Å². The van der Waals surface area contributed by atoms with Crippen molar-refractivity contribution in [1.29, 1.82) is 0 Å². The molecule has 2 rings (SSSR count). The van der Waals surface area contributed by atoms with Crippen molar-refractivity contribution in [3.05, 3.63) is 0 Å². The molecule has 15 heavy (non-hydrogen) atoms. The van der Waals surface area contributed by atoms with Crippen molar-refractivity contribution in [3.63, 3.8) is 0 Å². The van der Waals surface area contributed by atoms with E-state index in [1.807, 2.05) is 4.90 Å². The topological polar surface area (TPSA) is 49.4 Å². The average Bonchev–Trinajstić information content (AvgIpc) is 2.50. The number of carbonyl (C=O) groups is 2. The van der Waals surface area contributed by atoms with Gasteiger partial charge in [0.05, 0.1) is 5.92 Å². The summed E-state index contributed by atoms with van der Waals surface area (Å²) in [6, 6.07) is 0. The zero-order chi connectivity index (χ0) is 10.7. The van der Waals surface area contributed by atoms with Crippen LogP contribution in [0.2, 0.25) is 0 Å². The summed E-state index contributed by atoms with van der Waals surface area (Å²) in [6.07, 6.45) is 4.69. The highest BCUT2D eigenvalue weighted by atomic mass is 16.2. The van der Waals surface area contributed by atoms with Crippen molar-refractivity contribution in [1.82, 2.24) is 10.2 Å². The van der Waals surface area contributed by atoms with E-state index in [0.29, 0.717) is 13.0 Å². The molecule has 4 nitrogen and oxygen atoms in total. The molecule has 0 radical (unpaired) electrons. The third-order valence-electron chi connectivity index (χ3n) is 3.26. The van der Waals surface area contributed by atoms with Crippen LogP contribution < -0.4 is 5.32 Å². The maximum absolute atomic E-state index is 11.7. The Labute approximate surface area is 90.0 Å². The fourth-order valence-electron chi connectivity index (χ4n) is 2.34. The average molecular weight is 210 g/mol. The summed E-state index contributed by atoms with van der Waals surface area (Å²) in [4.78, 5) is 24.9. The Hall–Kier alpha value is -1.06. The van der Waals surface area contributed by atoms with Crippen molar-refractivity contribution in [2.75, 3.05) is 19.6 Å². The SMILES string of the molecule is O=C1NCCCCC1CN1CCCC1=O. The van der Waals surface area contributed by atoms with Crippen molar-refractivity contribution < 1.29 is 9.59 Å². The van der Waals surface area contributed by atoms with Crippen LogP contribution in [0, 0.1) is 5.92 Å². The van der Waals surface area contributed by atoms with Gasteiger partial charge in [0.2, 0.25) is 11.8 Å². The Morgan fingerprint density at radius 2 is 2.13 bits per heavy atom. The van der Waals surface area contributed by atoms with Crippen LogP contribution in [0.5, 0.6) is 0 Å². The van der Waals surface area contributed by atoms with E-state index in [1.54, 1.807) is 0 Å². The van der Waals surface area contributed by atoms with Crippen LogP contribution in [0.15, 0.2) is 0 Å². The van der Waals surface area contributed by atoms with Gasteiger partial charge in [-0.05, 0) is 19.3 Å². The Morgan fingerprint density at radius 3 is 2.87 bits per heavy atom. The predicted molar refractivity (Wildman–Crippen MR) is 56.2 cm³/mol. The van der Waals surface area contributed by atoms with Crippen LogP contribution in [-0.2, 0) is 9.59 Å². The van der Waals surface area contributed by atoms with Gasteiger partial charge in [0.1, 0.15) is 0 Å². The molecule has 0 aromatic rings. The maximum Gasteiger partial charge on any atom is 0.224 e. The lowest BCUT2D eigenvalue weighted by molar-refractivity contribution is -0.130. The summed E-state index contributed by atoms with van der Waals surface area (Å²) in [7, 11) is 0. The normalized spacial score (nSPS) is 27.7. The van der Waals surface area contributed by atoms with E-state index < -0.39 is 0 Å². The third-order valence-corrected chi connectivity index (χ3v) is 3.26. The van der Waals surface area contributed by atoms with E-state index in [2.05, 4.69) is 5.32 Å². The van der Waals surface area contributed by atoms with E-state index in [-0.39, 0.29) is 17.7 Å². The van der Waals surface area contributed by atoms with Gasteiger partial charge in [-0.15, -0.1) is 0 Å². The number of rotatable bonds is 2. The summed E-state index contributed by atoms with van der Waals surface area (Å²) >= 11 is 0. The lowest BCUT2D eigenvalue weighted by atomic mass is 10.0. The molecule has 0 aromatic heterocycles. The third kappa shape index (κ3) is 2.49. The molecule has 84 valence electrons. The second-order valence-corrected chi connectivity index (χ2v) is 4.43. The van der Waals surface area contributed by atoms with Gasteiger partial charge >= 0.3 is 0 Å². The molecule has 2 heterocycles. The molecule has 0 saturated carbocycles. The molecule has 2 fully saturated rings. The van der Waals surface area contributed by atoms with Crippen LogP contribution in [0.3, 0.4) is 0 Å². The van der Waals surface area contributed by atoms with E-state index in [1.165, 1.54) is 0 Å². The molecular weight excluding hydrogens is 192 g/mol. The first-order valence-corrected chi connectivity index (χ1v) is 5.83. The molecule has 0 spiro atoms. The summed E-state index contributed by atoms with van der Waals surface area (Å²) < 4.78 is 0. The minimum Gasteiger partial charge on any atom is -0.356 e. The smallest absolute Gasteiger partial charge is 0.224 e. The maximum atomic E-state index is 11.7. The van der Waals surface area contributed by atoms with Gasteiger partial charge in [-0.3, -0.25) is 9.59 Å². The fourth-order valence-corrected chi connectivity index (χ4v) is 2.34. The molecule has 0 aliphatic carbocycles. The highest BCUT2D eigenvalue weighted by Gasteiger charge is 2.27. The number of amides is 2. The molecular formula is C11H18N2O2. The summed E-state index contributed by atoms with van der Waals surface area (Å²) in [6.45, 7) is 2.26. The van der Waals surface area contributed by atoms with Crippen LogP contribution >= 0.6 is 0 Å². The number of likely N-dealkylation sites (tertiary alicyclic amines) is 1. The highest BCUT2D eigenvalue weighted by Crippen LogP contribution is 2.17. The molecule has 1 atom stereocenters. The first kappa shape index (κ1) is 10.5. The first-order valence-electron chi connectivity index (χ1n) is 5.83. The first-order chi connectivity index (χ1) is 7.27. The largest absolute Gasteiger partial charge is 0.356 e. The minimum atomic E-state index is 0.0227. The monoisotopic (exact) mass is 210 g/mol. The zero-order valence-electron chi connectivity index (χ0n) is 9.00. The van der Waals surface area contributed by atoms with Crippen molar-refractivity contribution >= 4 is 11.8 Å².